The van der Waals surface area contributed by atoms with Crippen LogP contribution in [0, 0.1) is 11.8 Å². The molecule has 0 N–H and O–H groups in total. The Morgan fingerprint density at radius 3 is 2.59 bits per heavy atom. The largest absolute Gasteiger partial charge is 0.343 e. The minimum atomic E-state index is -0.255. The van der Waals surface area contributed by atoms with Crippen LogP contribution in [0.5, 0.6) is 0 Å². The summed E-state index contributed by atoms with van der Waals surface area (Å²) in [5.74, 6) is 2.32. The second-order valence-electron chi connectivity index (χ2n) is 7.02. The Kier molecular flexibility index (Phi) is 4.85. The molecule has 0 amide bonds. The van der Waals surface area contributed by atoms with Crippen molar-refractivity contribution in [3.05, 3.63) is 18.2 Å². The summed E-state index contributed by atoms with van der Waals surface area (Å²) in [6, 6.07) is 0.662. The third-order valence-corrected chi connectivity index (χ3v) is 5.30. The molecule has 22 heavy (non-hydrogen) atoms. The Morgan fingerprint density at radius 1 is 1.32 bits per heavy atom. The number of aryl methyl sites for hydroxylation is 1. The number of aromatic nitrogens is 2. The van der Waals surface area contributed by atoms with E-state index in [2.05, 4.69) is 35.3 Å². The van der Waals surface area contributed by atoms with Gasteiger partial charge in [0.2, 0.25) is 6.41 Å². The molecule has 5 nitrogen and oxygen atoms in total. The number of methoxy groups -OCH3 is 1. The van der Waals surface area contributed by atoms with Gasteiger partial charge in [0, 0.05) is 32.6 Å². The van der Waals surface area contributed by atoms with E-state index in [1.165, 1.54) is 25.7 Å². The van der Waals surface area contributed by atoms with Gasteiger partial charge in [-0.2, -0.15) is 0 Å². The third-order valence-electron chi connectivity index (χ3n) is 5.30. The number of imidazole rings is 1. The van der Waals surface area contributed by atoms with Crippen LogP contribution in [0.15, 0.2) is 12.4 Å². The van der Waals surface area contributed by atoms with Crippen LogP contribution >= 0.6 is 0 Å². The second-order valence-corrected chi connectivity index (χ2v) is 7.02. The summed E-state index contributed by atoms with van der Waals surface area (Å²) in [7, 11) is 3.83. The fourth-order valence-electron chi connectivity index (χ4n) is 4.10. The summed E-state index contributed by atoms with van der Waals surface area (Å²) >= 11 is 0. The van der Waals surface area contributed by atoms with Crippen LogP contribution < -0.4 is 0 Å². The lowest BCUT2D eigenvalue weighted by Crippen LogP contribution is -2.46. The molecule has 5 heteroatoms. The number of ether oxygens (including phenoxy) is 2. The maximum atomic E-state index is 5.93. The molecule has 2 aliphatic rings. The molecule has 0 spiro atoms. The molecule has 3 atom stereocenters. The van der Waals surface area contributed by atoms with E-state index in [4.69, 9.17) is 9.47 Å². The highest BCUT2D eigenvalue weighted by Crippen LogP contribution is 2.43. The van der Waals surface area contributed by atoms with Gasteiger partial charge in [0.1, 0.15) is 5.82 Å². The highest BCUT2D eigenvalue weighted by atomic mass is 16.7. The molecule has 1 aliphatic carbocycles. The van der Waals surface area contributed by atoms with Gasteiger partial charge < -0.3 is 14.0 Å². The molecule has 1 saturated carbocycles. The molecule has 1 aliphatic heterocycles. The van der Waals surface area contributed by atoms with Crippen molar-refractivity contribution >= 4 is 0 Å². The minimum Gasteiger partial charge on any atom is -0.343 e. The van der Waals surface area contributed by atoms with Gasteiger partial charge in [0.05, 0.1) is 12.6 Å². The van der Waals surface area contributed by atoms with Crippen molar-refractivity contribution in [2.75, 3.05) is 13.7 Å². The zero-order valence-electron chi connectivity index (χ0n) is 14.2. The van der Waals surface area contributed by atoms with E-state index < -0.39 is 0 Å². The maximum Gasteiger partial charge on any atom is 0.219 e. The highest BCUT2D eigenvalue weighted by molar-refractivity contribution is 5.05. The third kappa shape index (κ3) is 2.82. The molecule has 0 radical (unpaired) electrons. The summed E-state index contributed by atoms with van der Waals surface area (Å²) in [5.41, 5.74) is 0. The normalized spacial score (nSPS) is 28.8. The van der Waals surface area contributed by atoms with Gasteiger partial charge in [-0.25, -0.2) is 9.88 Å². The van der Waals surface area contributed by atoms with Crippen LogP contribution in [0.4, 0.5) is 0 Å². The molecule has 0 bridgehead atoms. The van der Waals surface area contributed by atoms with Gasteiger partial charge in [-0.3, -0.25) is 0 Å². The number of nitrogens with zero attached hydrogens (tertiary/aromatic N) is 3. The molecule has 1 aromatic heterocycles. The van der Waals surface area contributed by atoms with Crippen molar-refractivity contribution in [1.29, 1.82) is 0 Å². The van der Waals surface area contributed by atoms with Gasteiger partial charge in [0.25, 0.3) is 0 Å². The Hall–Kier alpha value is -0.910. The van der Waals surface area contributed by atoms with Crippen molar-refractivity contribution in [3.63, 3.8) is 0 Å². The van der Waals surface area contributed by atoms with Crippen LogP contribution in [0.1, 0.15) is 51.4 Å². The fourth-order valence-corrected chi connectivity index (χ4v) is 4.10. The Morgan fingerprint density at radius 2 is 2.05 bits per heavy atom. The first-order valence-electron chi connectivity index (χ1n) is 8.52. The molecule has 0 unspecified atom stereocenters. The molecule has 1 saturated heterocycles. The van der Waals surface area contributed by atoms with Crippen molar-refractivity contribution in [3.8, 4) is 0 Å². The van der Waals surface area contributed by atoms with Gasteiger partial charge in [-0.05, 0) is 24.7 Å². The van der Waals surface area contributed by atoms with Crippen molar-refractivity contribution < 1.29 is 9.47 Å². The number of rotatable bonds is 5. The summed E-state index contributed by atoms with van der Waals surface area (Å²) in [6.45, 7) is 5.27. The fraction of sp³-hybridized carbons (Fsp3) is 0.824. The van der Waals surface area contributed by atoms with Crippen molar-refractivity contribution in [2.45, 2.75) is 58.0 Å². The first-order valence-corrected chi connectivity index (χ1v) is 8.52. The van der Waals surface area contributed by atoms with Crippen molar-refractivity contribution in [2.24, 2.45) is 18.9 Å². The van der Waals surface area contributed by atoms with Crippen LogP contribution in [-0.2, 0) is 16.5 Å². The SMILES string of the molecule is CO[C@@H]1OC[C@H](C(C)C)N1[C@H](c1nccn1C)C1CCCC1. The molecule has 124 valence electrons. The topological polar surface area (TPSA) is 39.5 Å². The van der Waals surface area contributed by atoms with Gasteiger partial charge in [0.15, 0.2) is 0 Å². The standard InChI is InChI=1S/C17H29N3O2/c1-12(2)14-11-22-17(21-4)20(14)15(13-7-5-6-8-13)16-18-9-10-19(16)3/h9-10,12-15,17H,5-8,11H2,1-4H3/t14-,15+,17-/m1/s1. The Labute approximate surface area is 133 Å². The van der Waals surface area contributed by atoms with E-state index in [1.807, 2.05) is 12.4 Å². The summed E-state index contributed by atoms with van der Waals surface area (Å²) in [4.78, 5) is 7.13. The second kappa shape index (κ2) is 6.69. The van der Waals surface area contributed by atoms with Crippen molar-refractivity contribution in [1.82, 2.24) is 14.5 Å². The van der Waals surface area contributed by atoms with E-state index in [-0.39, 0.29) is 12.5 Å². The van der Waals surface area contributed by atoms with E-state index in [1.54, 1.807) is 7.11 Å². The number of hydrogen-bond donors (Lipinski definition) is 0. The van der Waals surface area contributed by atoms with E-state index in [9.17, 15) is 0 Å². The predicted molar refractivity (Wildman–Crippen MR) is 85.1 cm³/mol. The summed E-state index contributed by atoms with van der Waals surface area (Å²) < 4.78 is 13.7. The number of hydrogen-bond acceptors (Lipinski definition) is 4. The minimum absolute atomic E-state index is 0.255. The molecule has 2 heterocycles. The lowest BCUT2D eigenvalue weighted by molar-refractivity contribution is -0.179. The van der Waals surface area contributed by atoms with Crippen LogP contribution in [0.3, 0.4) is 0 Å². The lowest BCUT2D eigenvalue weighted by Gasteiger charge is -2.39. The molecule has 1 aromatic rings. The average molecular weight is 307 g/mol. The van der Waals surface area contributed by atoms with Crippen LogP contribution in [0.25, 0.3) is 0 Å². The van der Waals surface area contributed by atoms with E-state index in [0.717, 1.165) is 12.4 Å². The monoisotopic (exact) mass is 307 g/mol. The Bertz CT molecular complexity index is 482. The van der Waals surface area contributed by atoms with Gasteiger partial charge >= 0.3 is 0 Å². The average Bonchev–Trinajstić information content (AvgIpc) is 3.22. The van der Waals surface area contributed by atoms with Gasteiger partial charge in [-0.1, -0.05) is 26.7 Å². The smallest absolute Gasteiger partial charge is 0.219 e. The Balaban J connectivity index is 1.97. The lowest BCUT2D eigenvalue weighted by atomic mass is 9.92. The van der Waals surface area contributed by atoms with Gasteiger partial charge in [-0.15, -0.1) is 0 Å². The molecular weight excluding hydrogens is 278 g/mol. The predicted octanol–water partition coefficient (Wildman–Crippen LogP) is 2.94. The van der Waals surface area contributed by atoms with E-state index >= 15 is 0 Å². The van der Waals surface area contributed by atoms with E-state index in [0.29, 0.717) is 17.9 Å². The summed E-state index contributed by atoms with van der Waals surface area (Å²) in [5, 5.41) is 0. The zero-order chi connectivity index (χ0) is 15.7. The first kappa shape index (κ1) is 16.0. The molecular formula is C17H29N3O2. The first-order chi connectivity index (χ1) is 10.6. The molecule has 2 fully saturated rings. The highest BCUT2D eigenvalue weighted by Gasteiger charge is 2.45. The van der Waals surface area contributed by atoms with Crippen LogP contribution in [0.2, 0.25) is 0 Å². The zero-order valence-corrected chi connectivity index (χ0v) is 14.2. The quantitative estimate of drug-likeness (QED) is 0.838. The molecule has 3 rings (SSSR count). The summed E-state index contributed by atoms with van der Waals surface area (Å²) in [6.07, 6.45) is 8.88. The molecule has 0 aromatic carbocycles. The maximum absolute atomic E-state index is 5.93. The van der Waals surface area contributed by atoms with Crippen LogP contribution in [-0.4, -0.2) is 40.6 Å².